The zero-order valence-corrected chi connectivity index (χ0v) is 22.4. The molecular formula is C29H48F2O2. The summed E-state index contributed by atoms with van der Waals surface area (Å²) in [5.74, 6) is -0.565. The Morgan fingerprint density at radius 2 is 1.33 bits per heavy atom. The Hall–Kier alpha value is -1.32. The summed E-state index contributed by atoms with van der Waals surface area (Å²) in [6.45, 7) is 16.2. The fourth-order valence-electron chi connectivity index (χ4n) is 5.46. The van der Waals surface area contributed by atoms with Gasteiger partial charge in [-0.25, -0.2) is 8.78 Å². The van der Waals surface area contributed by atoms with E-state index in [9.17, 15) is 5.11 Å². The number of ether oxygens (including phenoxy) is 1. The monoisotopic (exact) mass is 466 g/mol. The molecule has 0 spiro atoms. The van der Waals surface area contributed by atoms with Crippen molar-refractivity contribution >= 4 is 0 Å². The molecule has 0 aliphatic carbocycles. The first kappa shape index (κ1) is 27.9. The van der Waals surface area contributed by atoms with Gasteiger partial charge in [-0.3, -0.25) is 0 Å². The fraction of sp³-hybridized carbons (Fsp3) is 0.793. The van der Waals surface area contributed by atoms with E-state index in [4.69, 9.17) is 4.74 Å². The van der Waals surface area contributed by atoms with Crippen LogP contribution in [0.5, 0.6) is 11.5 Å². The molecule has 0 amide bonds. The maximum Gasteiger partial charge on any atom is 0.281 e. The molecule has 0 fully saturated rings. The minimum Gasteiger partial charge on any atom is -0.507 e. The average Bonchev–Trinajstić information content (AvgIpc) is 2.69. The van der Waals surface area contributed by atoms with E-state index < -0.39 is 11.5 Å². The van der Waals surface area contributed by atoms with Gasteiger partial charge < -0.3 is 9.84 Å². The van der Waals surface area contributed by atoms with Gasteiger partial charge in [-0.2, -0.15) is 0 Å². The van der Waals surface area contributed by atoms with E-state index in [2.05, 4.69) is 27.7 Å². The second-order valence-electron chi connectivity index (χ2n) is 11.7. The van der Waals surface area contributed by atoms with Gasteiger partial charge in [0.05, 0.1) is 12.0 Å². The van der Waals surface area contributed by atoms with Gasteiger partial charge in [-0.05, 0) is 69.4 Å². The zero-order valence-electron chi connectivity index (χ0n) is 22.4. The summed E-state index contributed by atoms with van der Waals surface area (Å²) in [7, 11) is 0. The largest absolute Gasteiger partial charge is 0.507 e. The van der Waals surface area contributed by atoms with Crippen molar-refractivity contribution in [1.29, 1.82) is 0 Å². The molecule has 4 heteroatoms. The molecule has 1 heterocycles. The van der Waals surface area contributed by atoms with Crippen molar-refractivity contribution in [2.45, 2.75) is 131 Å². The van der Waals surface area contributed by atoms with E-state index >= 15 is 8.78 Å². The van der Waals surface area contributed by atoms with Crippen molar-refractivity contribution in [3.8, 4) is 11.5 Å². The van der Waals surface area contributed by atoms with Gasteiger partial charge in [0.15, 0.2) is 0 Å². The lowest BCUT2D eigenvalue weighted by Crippen LogP contribution is -2.43. The molecule has 0 aromatic heterocycles. The van der Waals surface area contributed by atoms with Crippen LogP contribution in [0.25, 0.3) is 0 Å². The van der Waals surface area contributed by atoms with Crippen molar-refractivity contribution in [3.05, 3.63) is 22.3 Å². The van der Waals surface area contributed by atoms with Crippen LogP contribution in [0.3, 0.4) is 0 Å². The molecule has 3 atom stereocenters. The normalized spacial score (nSPS) is 21.5. The quantitative estimate of drug-likeness (QED) is 0.332. The summed E-state index contributed by atoms with van der Waals surface area (Å²) in [5, 5.41) is 10.3. The second kappa shape index (κ2) is 11.4. The third-order valence-electron chi connectivity index (χ3n) is 7.80. The highest BCUT2D eigenvalue weighted by Crippen LogP contribution is 2.53. The number of phenolic OH excluding ortho intramolecular Hbond substituents is 1. The lowest BCUT2D eigenvalue weighted by molar-refractivity contribution is -0.104. The van der Waals surface area contributed by atoms with Gasteiger partial charge in [0.1, 0.15) is 17.1 Å². The third-order valence-corrected chi connectivity index (χ3v) is 7.80. The third kappa shape index (κ3) is 7.33. The molecule has 2 nitrogen and oxygen atoms in total. The standard InChI is InChI=1S/C29H48F2O2/c1-19(2)12-9-13-20(3)14-10-15-21(4)16-11-17-28(8)18-29(30,31)25-24(7)26(32)22(5)23(6)27(25)33-28/h19-21,32H,9-18H2,1-8H3. The highest BCUT2D eigenvalue weighted by atomic mass is 19.3. The Morgan fingerprint density at radius 3 is 1.88 bits per heavy atom. The summed E-state index contributed by atoms with van der Waals surface area (Å²) < 4.78 is 36.7. The fourth-order valence-corrected chi connectivity index (χ4v) is 5.46. The van der Waals surface area contributed by atoms with Crippen LogP contribution in [-0.2, 0) is 5.92 Å². The minimum atomic E-state index is -3.00. The lowest BCUT2D eigenvalue weighted by Gasteiger charge is -2.42. The number of rotatable bonds is 12. The number of alkyl halides is 2. The molecule has 0 bridgehead atoms. The number of aromatic hydroxyl groups is 1. The van der Waals surface area contributed by atoms with E-state index in [0.717, 1.165) is 24.7 Å². The van der Waals surface area contributed by atoms with Crippen molar-refractivity contribution in [2.75, 3.05) is 0 Å². The zero-order chi connectivity index (χ0) is 25.0. The average molecular weight is 467 g/mol. The Balaban J connectivity index is 1.86. The van der Waals surface area contributed by atoms with E-state index in [0.29, 0.717) is 23.5 Å². The van der Waals surface area contributed by atoms with Crippen molar-refractivity contribution in [1.82, 2.24) is 0 Å². The number of phenols is 1. The maximum atomic E-state index is 15.2. The molecule has 1 aliphatic heterocycles. The molecule has 1 aromatic rings. The van der Waals surface area contributed by atoms with Gasteiger partial charge in [0, 0.05) is 5.56 Å². The summed E-state index contributed by atoms with van der Waals surface area (Å²) in [6, 6.07) is 0. The van der Waals surface area contributed by atoms with Crippen LogP contribution in [0.1, 0.15) is 121 Å². The second-order valence-corrected chi connectivity index (χ2v) is 11.7. The summed E-state index contributed by atoms with van der Waals surface area (Å²) in [4.78, 5) is 0. The SMILES string of the molecule is Cc1c(C)c2c(c(C)c1O)C(F)(F)CC(C)(CCCC(C)CCCC(C)CCCC(C)C)O2. The minimum absolute atomic E-state index is 0.0406. The highest BCUT2D eigenvalue weighted by Gasteiger charge is 2.50. The van der Waals surface area contributed by atoms with Crippen LogP contribution in [0.15, 0.2) is 0 Å². The maximum absolute atomic E-state index is 15.2. The van der Waals surface area contributed by atoms with Gasteiger partial charge in [-0.1, -0.05) is 72.6 Å². The van der Waals surface area contributed by atoms with Crippen LogP contribution in [0.4, 0.5) is 8.78 Å². The van der Waals surface area contributed by atoms with Gasteiger partial charge >= 0.3 is 0 Å². The molecule has 1 N–H and O–H groups in total. The van der Waals surface area contributed by atoms with Crippen molar-refractivity contribution in [2.24, 2.45) is 17.8 Å². The first-order valence-electron chi connectivity index (χ1n) is 13.2. The van der Waals surface area contributed by atoms with E-state index in [-0.39, 0.29) is 29.0 Å². The number of hydrogen-bond donors (Lipinski definition) is 1. The molecule has 2 rings (SSSR count). The number of halogens is 2. The molecule has 33 heavy (non-hydrogen) atoms. The highest BCUT2D eigenvalue weighted by molar-refractivity contribution is 5.60. The van der Waals surface area contributed by atoms with Gasteiger partial charge in [0.25, 0.3) is 5.92 Å². The molecule has 3 unspecified atom stereocenters. The topological polar surface area (TPSA) is 29.5 Å². The molecule has 190 valence electrons. The van der Waals surface area contributed by atoms with E-state index in [1.807, 2.05) is 6.92 Å². The summed E-state index contributed by atoms with van der Waals surface area (Å²) in [5.41, 5.74) is 0.471. The van der Waals surface area contributed by atoms with Crippen molar-refractivity contribution in [3.63, 3.8) is 0 Å². The van der Waals surface area contributed by atoms with Crippen LogP contribution < -0.4 is 4.74 Å². The lowest BCUT2D eigenvalue weighted by atomic mass is 9.81. The van der Waals surface area contributed by atoms with Crippen molar-refractivity contribution < 1.29 is 18.6 Å². The number of benzene rings is 1. The predicted octanol–water partition coefficient (Wildman–Crippen LogP) is 9.39. The molecule has 1 aromatic carbocycles. The van der Waals surface area contributed by atoms with Crippen LogP contribution >= 0.6 is 0 Å². The first-order chi connectivity index (χ1) is 15.3. The van der Waals surface area contributed by atoms with E-state index in [1.165, 1.54) is 38.5 Å². The Kier molecular flexibility index (Phi) is 9.65. The van der Waals surface area contributed by atoms with Crippen LogP contribution in [0.2, 0.25) is 0 Å². The summed E-state index contributed by atoms with van der Waals surface area (Å²) >= 11 is 0. The predicted molar refractivity (Wildman–Crippen MR) is 135 cm³/mol. The Labute approximate surface area is 201 Å². The summed E-state index contributed by atoms with van der Waals surface area (Å²) in [6.07, 6.45) is 9.96. The van der Waals surface area contributed by atoms with Gasteiger partial charge in [-0.15, -0.1) is 0 Å². The number of fused-ring (bicyclic) bond motifs is 1. The Bertz CT molecular complexity index is 787. The Morgan fingerprint density at radius 1 is 0.818 bits per heavy atom. The van der Waals surface area contributed by atoms with E-state index in [1.54, 1.807) is 20.8 Å². The molecular weight excluding hydrogens is 418 g/mol. The molecule has 0 saturated heterocycles. The van der Waals surface area contributed by atoms with Crippen LogP contribution in [-0.4, -0.2) is 10.7 Å². The smallest absolute Gasteiger partial charge is 0.281 e. The number of hydrogen-bond acceptors (Lipinski definition) is 2. The van der Waals surface area contributed by atoms with Crippen LogP contribution in [0, 0.1) is 38.5 Å². The molecule has 0 radical (unpaired) electrons. The molecule has 0 saturated carbocycles. The first-order valence-corrected chi connectivity index (χ1v) is 13.2. The molecule has 1 aliphatic rings. The van der Waals surface area contributed by atoms with Gasteiger partial charge in [0.2, 0.25) is 0 Å².